The predicted octanol–water partition coefficient (Wildman–Crippen LogP) is 5.81. The molecule has 3 aromatic rings. The van der Waals surface area contributed by atoms with Crippen LogP contribution in [0.15, 0.2) is 47.8 Å². The maximum atomic E-state index is 12.1. The van der Waals surface area contributed by atoms with E-state index >= 15 is 0 Å². The minimum Gasteiger partial charge on any atom is -0.449 e. The van der Waals surface area contributed by atoms with Crippen LogP contribution in [-0.4, -0.2) is 35.7 Å². The summed E-state index contributed by atoms with van der Waals surface area (Å²) in [5.41, 5.74) is 1.85. The molecular formula is C25H26N2O2S. The maximum absolute atomic E-state index is 12.1. The molecular weight excluding hydrogens is 392 g/mol. The Labute approximate surface area is 181 Å². The number of thiazole rings is 1. The van der Waals surface area contributed by atoms with Gasteiger partial charge in [0.05, 0.1) is 11.6 Å². The van der Waals surface area contributed by atoms with E-state index in [0.717, 1.165) is 55.0 Å². The molecule has 0 atom stereocenters. The standard InChI is InChI=1S/C25H26N2O2S/c1-2-3-17-29-25(28)27-15-13-21(14-16-27)24-26-22(18-30-24)12-11-20-9-6-8-19-7-4-5-10-23(19)20/h4-10,18,21H,2-3,13-17H2,1H3. The van der Waals surface area contributed by atoms with E-state index in [1.807, 2.05) is 28.5 Å². The number of carbonyl (C=O) groups is 1. The monoisotopic (exact) mass is 418 g/mol. The number of unbranched alkanes of at least 4 members (excludes halogenated alkanes) is 1. The second kappa shape index (κ2) is 9.77. The Morgan fingerprint density at radius 1 is 1.17 bits per heavy atom. The summed E-state index contributed by atoms with van der Waals surface area (Å²) in [6.07, 6.45) is 3.62. The number of piperidine rings is 1. The van der Waals surface area contributed by atoms with Crippen molar-refractivity contribution in [3.63, 3.8) is 0 Å². The van der Waals surface area contributed by atoms with E-state index in [1.54, 1.807) is 11.3 Å². The van der Waals surface area contributed by atoms with Crippen LogP contribution in [0.3, 0.4) is 0 Å². The Hall–Kier alpha value is -2.84. The Balaban J connectivity index is 1.38. The molecule has 4 nitrogen and oxygen atoms in total. The van der Waals surface area contributed by atoms with Crippen LogP contribution in [0.5, 0.6) is 0 Å². The van der Waals surface area contributed by atoms with E-state index in [0.29, 0.717) is 12.5 Å². The molecule has 2 heterocycles. The molecule has 0 N–H and O–H groups in total. The van der Waals surface area contributed by atoms with Crippen LogP contribution < -0.4 is 0 Å². The summed E-state index contributed by atoms with van der Waals surface area (Å²) >= 11 is 1.67. The third-order valence-electron chi connectivity index (χ3n) is 5.46. The number of hydrogen-bond donors (Lipinski definition) is 0. The number of likely N-dealkylation sites (tertiary alicyclic amines) is 1. The molecule has 0 unspecified atom stereocenters. The van der Waals surface area contributed by atoms with E-state index in [9.17, 15) is 4.79 Å². The number of rotatable bonds is 4. The molecule has 0 spiro atoms. The van der Waals surface area contributed by atoms with Crippen molar-refractivity contribution in [2.24, 2.45) is 0 Å². The van der Waals surface area contributed by atoms with Gasteiger partial charge in [0.1, 0.15) is 5.69 Å². The van der Waals surface area contributed by atoms with Gasteiger partial charge in [-0.15, -0.1) is 11.3 Å². The molecule has 0 saturated carbocycles. The minimum absolute atomic E-state index is 0.178. The lowest BCUT2D eigenvalue weighted by molar-refractivity contribution is 0.0916. The summed E-state index contributed by atoms with van der Waals surface area (Å²) in [6.45, 7) is 4.06. The Kier molecular flexibility index (Phi) is 6.66. The van der Waals surface area contributed by atoms with Gasteiger partial charge in [-0.25, -0.2) is 9.78 Å². The van der Waals surface area contributed by atoms with E-state index < -0.39 is 0 Å². The molecule has 5 heteroatoms. The fourth-order valence-corrected chi connectivity index (χ4v) is 4.63. The summed E-state index contributed by atoms with van der Waals surface area (Å²) < 4.78 is 5.33. The first-order valence-electron chi connectivity index (χ1n) is 10.6. The van der Waals surface area contributed by atoms with Gasteiger partial charge in [0.25, 0.3) is 0 Å². The largest absolute Gasteiger partial charge is 0.449 e. The lowest BCUT2D eigenvalue weighted by Crippen LogP contribution is -2.38. The van der Waals surface area contributed by atoms with Gasteiger partial charge in [-0.3, -0.25) is 0 Å². The van der Waals surface area contributed by atoms with Crippen molar-refractivity contribution < 1.29 is 9.53 Å². The molecule has 30 heavy (non-hydrogen) atoms. The van der Waals surface area contributed by atoms with E-state index in [1.165, 1.54) is 10.8 Å². The Morgan fingerprint density at radius 2 is 1.97 bits per heavy atom. The Bertz CT molecular complexity index is 1070. The van der Waals surface area contributed by atoms with Crippen molar-refractivity contribution in [3.8, 4) is 11.8 Å². The fourth-order valence-electron chi connectivity index (χ4n) is 3.70. The van der Waals surface area contributed by atoms with Gasteiger partial charge >= 0.3 is 6.09 Å². The number of aromatic nitrogens is 1. The smallest absolute Gasteiger partial charge is 0.409 e. The van der Waals surface area contributed by atoms with Gasteiger partial charge < -0.3 is 9.64 Å². The van der Waals surface area contributed by atoms with Crippen LogP contribution in [0, 0.1) is 11.8 Å². The molecule has 1 aliphatic rings. The van der Waals surface area contributed by atoms with Gasteiger partial charge in [0, 0.05) is 30.0 Å². The van der Waals surface area contributed by atoms with Crippen molar-refractivity contribution in [2.45, 2.75) is 38.5 Å². The minimum atomic E-state index is -0.178. The molecule has 2 aromatic carbocycles. The maximum Gasteiger partial charge on any atom is 0.409 e. The number of nitrogens with zero attached hydrogens (tertiary/aromatic N) is 2. The van der Waals surface area contributed by atoms with Crippen LogP contribution in [0.4, 0.5) is 4.79 Å². The molecule has 0 bridgehead atoms. The van der Waals surface area contributed by atoms with Crippen molar-refractivity contribution in [2.75, 3.05) is 19.7 Å². The SMILES string of the molecule is CCCCOC(=O)N1CCC(c2nc(C#Cc3cccc4ccccc34)cs2)CC1. The molecule has 1 saturated heterocycles. The lowest BCUT2D eigenvalue weighted by Gasteiger charge is -2.30. The van der Waals surface area contributed by atoms with Crippen LogP contribution in [0.2, 0.25) is 0 Å². The number of benzene rings is 2. The van der Waals surface area contributed by atoms with Crippen molar-refractivity contribution in [1.82, 2.24) is 9.88 Å². The molecule has 1 aromatic heterocycles. The molecule has 1 amide bonds. The van der Waals surface area contributed by atoms with Crippen molar-refractivity contribution in [1.29, 1.82) is 0 Å². The third-order valence-corrected chi connectivity index (χ3v) is 6.47. The first kappa shape index (κ1) is 20.4. The highest BCUT2D eigenvalue weighted by Crippen LogP contribution is 2.30. The molecule has 0 aliphatic carbocycles. The average Bonchev–Trinajstić information content (AvgIpc) is 3.27. The zero-order valence-corrected chi connectivity index (χ0v) is 18.1. The number of fused-ring (bicyclic) bond motifs is 1. The van der Waals surface area contributed by atoms with Gasteiger partial charge in [-0.05, 0) is 42.0 Å². The summed E-state index contributed by atoms with van der Waals surface area (Å²) in [7, 11) is 0. The van der Waals surface area contributed by atoms with Gasteiger partial charge in [-0.2, -0.15) is 0 Å². The van der Waals surface area contributed by atoms with Crippen molar-refractivity contribution >= 4 is 28.2 Å². The van der Waals surface area contributed by atoms with Crippen LogP contribution in [0.1, 0.15) is 54.8 Å². The second-order valence-electron chi connectivity index (χ2n) is 7.58. The number of ether oxygens (including phenoxy) is 1. The topological polar surface area (TPSA) is 42.4 Å². The zero-order valence-electron chi connectivity index (χ0n) is 17.3. The van der Waals surface area contributed by atoms with Crippen LogP contribution in [-0.2, 0) is 4.74 Å². The molecule has 1 fully saturated rings. The highest BCUT2D eigenvalue weighted by Gasteiger charge is 2.26. The number of amides is 1. The zero-order chi connectivity index (χ0) is 20.8. The molecule has 154 valence electrons. The van der Waals surface area contributed by atoms with Gasteiger partial charge in [-0.1, -0.05) is 55.7 Å². The summed E-state index contributed by atoms with van der Waals surface area (Å²) in [5.74, 6) is 6.92. The summed E-state index contributed by atoms with van der Waals surface area (Å²) in [4.78, 5) is 18.7. The predicted molar refractivity (Wildman–Crippen MR) is 122 cm³/mol. The number of carbonyl (C=O) groups excluding carboxylic acids is 1. The van der Waals surface area contributed by atoms with Gasteiger partial charge in [0.15, 0.2) is 0 Å². The molecule has 1 aliphatic heterocycles. The summed E-state index contributed by atoms with van der Waals surface area (Å²) in [6, 6.07) is 14.5. The van der Waals surface area contributed by atoms with E-state index in [4.69, 9.17) is 9.72 Å². The van der Waals surface area contributed by atoms with E-state index in [-0.39, 0.29) is 6.09 Å². The van der Waals surface area contributed by atoms with Crippen LogP contribution >= 0.6 is 11.3 Å². The highest BCUT2D eigenvalue weighted by molar-refractivity contribution is 7.09. The number of hydrogen-bond acceptors (Lipinski definition) is 4. The molecule has 0 radical (unpaired) electrons. The second-order valence-corrected chi connectivity index (χ2v) is 8.47. The molecule has 4 rings (SSSR count). The lowest BCUT2D eigenvalue weighted by atomic mass is 9.98. The first-order chi connectivity index (χ1) is 14.7. The Morgan fingerprint density at radius 3 is 2.80 bits per heavy atom. The van der Waals surface area contributed by atoms with E-state index in [2.05, 4.69) is 43.0 Å². The summed E-state index contributed by atoms with van der Waals surface area (Å²) in [5, 5.41) is 5.53. The fraction of sp³-hybridized carbons (Fsp3) is 0.360. The average molecular weight is 419 g/mol. The third kappa shape index (κ3) is 4.83. The normalized spacial score (nSPS) is 14.4. The van der Waals surface area contributed by atoms with Gasteiger partial charge in [0.2, 0.25) is 0 Å². The van der Waals surface area contributed by atoms with Crippen LogP contribution in [0.25, 0.3) is 10.8 Å². The quantitative estimate of drug-likeness (QED) is 0.396. The first-order valence-corrected chi connectivity index (χ1v) is 11.5. The highest BCUT2D eigenvalue weighted by atomic mass is 32.1. The van der Waals surface area contributed by atoms with Crippen molar-refractivity contribution in [3.05, 3.63) is 64.1 Å².